The van der Waals surface area contributed by atoms with Crippen LogP contribution in [0.5, 0.6) is 0 Å². The Morgan fingerprint density at radius 3 is 3.08 bits per heavy atom. The van der Waals surface area contributed by atoms with Gasteiger partial charge in [0.1, 0.15) is 5.76 Å². The van der Waals surface area contributed by atoms with E-state index in [0.29, 0.717) is 12.3 Å². The summed E-state index contributed by atoms with van der Waals surface area (Å²) in [5.74, 6) is -0.977. The molecule has 3 heterocycles. The standard InChI is InChI=1S/C15H16N4O5S/c1-2-23-15(22)12-14(25-18-17-12)16-13(21)9-6-11(20)19(7-9)8-10-4-3-5-24-10/h3-5,9H,2,6-8H2,1H3,(H,16,21). The molecule has 1 unspecified atom stereocenters. The van der Waals surface area contributed by atoms with Gasteiger partial charge in [-0.25, -0.2) is 4.79 Å². The summed E-state index contributed by atoms with van der Waals surface area (Å²) in [6.45, 7) is 2.48. The van der Waals surface area contributed by atoms with E-state index in [1.807, 2.05) is 0 Å². The number of nitrogens with one attached hydrogen (secondary N) is 1. The fraction of sp³-hybridized carbons (Fsp3) is 0.400. The van der Waals surface area contributed by atoms with Crippen LogP contribution in [-0.2, 0) is 20.9 Å². The first-order valence-corrected chi connectivity index (χ1v) is 8.46. The van der Waals surface area contributed by atoms with Crippen LogP contribution in [0.2, 0.25) is 0 Å². The van der Waals surface area contributed by atoms with Crippen LogP contribution in [-0.4, -0.2) is 45.4 Å². The third-order valence-electron chi connectivity index (χ3n) is 3.71. The van der Waals surface area contributed by atoms with E-state index in [4.69, 9.17) is 9.15 Å². The molecule has 1 fully saturated rings. The number of hydrogen-bond donors (Lipinski definition) is 1. The second-order valence-electron chi connectivity index (χ2n) is 5.42. The van der Waals surface area contributed by atoms with Crippen LogP contribution in [0.25, 0.3) is 0 Å². The zero-order valence-electron chi connectivity index (χ0n) is 13.4. The zero-order valence-corrected chi connectivity index (χ0v) is 14.2. The van der Waals surface area contributed by atoms with Gasteiger partial charge in [0.05, 0.1) is 25.3 Å². The van der Waals surface area contributed by atoms with Crippen molar-refractivity contribution in [3.05, 3.63) is 29.9 Å². The number of esters is 1. The predicted molar refractivity (Wildman–Crippen MR) is 86.7 cm³/mol. The first-order valence-electron chi connectivity index (χ1n) is 7.69. The maximum absolute atomic E-state index is 12.4. The molecule has 0 bridgehead atoms. The lowest BCUT2D eigenvalue weighted by Gasteiger charge is -2.14. The number of anilines is 1. The lowest BCUT2D eigenvalue weighted by molar-refractivity contribution is -0.128. The van der Waals surface area contributed by atoms with Gasteiger partial charge in [-0.05, 0) is 19.1 Å². The van der Waals surface area contributed by atoms with Gasteiger partial charge in [-0.1, -0.05) is 4.49 Å². The van der Waals surface area contributed by atoms with Crippen LogP contribution in [0.3, 0.4) is 0 Å². The molecular formula is C15H16N4O5S. The molecule has 0 aromatic carbocycles. The molecule has 1 N–H and O–H groups in total. The fourth-order valence-electron chi connectivity index (χ4n) is 2.51. The summed E-state index contributed by atoms with van der Waals surface area (Å²) in [5.41, 5.74) is -0.0306. The minimum absolute atomic E-state index is 0.0306. The molecular weight excluding hydrogens is 348 g/mol. The van der Waals surface area contributed by atoms with E-state index in [1.165, 1.54) is 6.26 Å². The minimum atomic E-state index is -0.645. The van der Waals surface area contributed by atoms with E-state index < -0.39 is 11.9 Å². The van der Waals surface area contributed by atoms with Crippen molar-refractivity contribution in [3.63, 3.8) is 0 Å². The molecule has 0 saturated carbocycles. The molecule has 0 radical (unpaired) electrons. The highest BCUT2D eigenvalue weighted by Crippen LogP contribution is 2.24. The molecule has 0 aliphatic carbocycles. The molecule has 132 valence electrons. The lowest BCUT2D eigenvalue weighted by Crippen LogP contribution is -2.28. The first kappa shape index (κ1) is 17.1. The highest BCUT2D eigenvalue weighted by molar-refractivity contribution is 7.10. The second kappa shape index (κ2) is 7.43. The van der Waals surface area contributed by atoms with Crippen molar-refractivity contribution in [3.8, 4) is 0 Å². The van der Waals surface area contributed by atoms with Crippen molar-refractivity contribution in [2.24, 2.45) is 5.92 Å². The topological polar surface area (TPSA) is 115 Å². The van der Waals surface area contributed by atoms with Gasteiger partial charge < -0.3 is 19.4 Å². The molecule has 2 amide bonds. The Labute approximate surface area is 147 Å². The first-order chi connectivity index (χ1) is 12.1. The molecule has 0 spiro atoms. The van der Waals surface area contributed by atoms with E-state index in [1.54, 1.807) is 24.0 Å². The second-order valence-corrected chi connectivity index (χ2v) is 6.17. The molecule has 9 nitrogen and oxygen atoms in total. The summed E-state index contributed by atoms with van der Waals surface area (Å²) in [4.78, 5) is 37.8. The average molecular weight is 364 g/mol. The quantitative estimate of drug-likeness (QED) is 0.768. The number of carbonyl (C=O) groups is 3. The number of aromatic nitrogens is 2. The largest absolute Gasteiger partial charge is 0.467 e. The maximum atomic E-state index is 12.4. The fourth-order valence-corrected chi connectivity index (χ4v) is 3.07. The normalized spacial score (nSPS) is 16.9. The van der Waals surface area contributed by atoms with Crippen molar-refractivity contribution in [2.75, 3.05) is 18.5 Å². The summed E-state index contributed by atoms with van der Waals surface area (Å²) in [7, 11) is 0. The number of rotatable bonds is 6. The Kier molecular flexibility index (Phi) is 5.08. The number of hydrogen-bond acceptors (Lipinski definition) is 8. The molecule has 1 aliphatic rings. The number of likely N-dealkylation sites (tertiary alicyclic amines) is 1. The van der Waals surface area contributed by atoms with Crippen LogP contribution < -0.4 is 5.32 Å². The lowest BCUT2D eigenvalue weighted by atomic mass is 10.1. The van der Waals surface area contributed by atoms with Gasteiger partial charge in [0, 0.05) is 24.5 Å². The van der Waals surface area contributed by atoms with E-state index >= 15 is 0 Å². The highest BCUT2D eigenvalue weighted by atomic mass is 32.1. The van der Waals surface area contributed by atoms with Crippen LogP contribution >= 0.6 is 11.5 Å². The number of ether oxygens (including phenoxy) is 1. The molecule has 2 aromatic heterocycles. The monoisotopic (exact) mass is 364 g/mol. The Hall–Kier alpha value is -2.75. The van der Waals surface area contributed by atoms with E-state index in [-0.39, 0.29) is 42.1 Å². The number of amides is 2. The summed E-state index contributed by atoms with van der Waals surface area (Å²) >= 11 is 0.889. The Morgan fingerprint density at radius 1 is 1.52 bits per heavy atom. The summed E-state index contributed by atoms with van der Waals surface area (Å²) in [6, 6.07) is 3.52. The smallest absolute Gasteiger partial charge is 0.362 e. The third kappa shape index (κ3) is 3.85. The van der Waals surface area contributed by atoms with Gasteiger partial charge in [-0.15, -0.1) is 5.10 Å². The van der Waals surface area contributed by atoms with E-state index in [9.17, 15) is 14.4 Å². The molecule has 3 rings (SSSR count). The summed E-state index contributed by atoms with van der Waals surface area (Å²) in [6.07, 6.45) is 1.64. The van der Waals surface area contributed by atoms with Crippen molar-refractivity contribution < 1.29 is 23.5 Å². The molecule has 1 aliphatic heterocycles. The SMILES string of the molecule is CCOC(=O)c1nnsc1NC(=O)C1CC(=O)N(Cc2ccco2)C1. The minimum Gasteiger partial charge on any atom is -0.467 e. The van der Waals surface area contributed by atoms with Crippen LogP contribution in [0.4, 0.5) is 5.00 Å². The zero-order chi connectivity index (χ0) is 17.8. The van der Waals surface area contributed by atoms with Gasteiger partial charge >= 0.3 is 5.97 Å². The summed E-state index contributed by atoms with van der Waals surface area (Å²) in [5, 5.41) is 6.53. The van der Waals surface area contributed by atoms with Gasteiger partial charge in [-0.3, -0.25) is 9.59 Å². The van der Waals surface area contributed by atoms with Crippen LogP contribution in [0.15, 0.2) is 22.8 Å². The predicted octanol–water partition coefficient (Wildman–Crippen LogP) is 1.29. The van der Waals surface area contributed by atoms with Gasteiger partial charge in [0.25, 0.3) is 0 Å². The van der Waals surface area contributed by atoms with Gasteiger partial charge in [0.2, 0.25) is 17.5 Å². The molecule has 1 saturated heterocycles. The van der Waals surface area contributed by atoms with Crippen molar-refractivity contribution in [1.29, 1.82) is 0 Å². The number of carbonyl (C=O) groups excluding carboxylic acids is 3. The van der Waals surface area contributed by atoms with Crippen molar-refractivity contribution in [2.45, 2.75) is 19.9 Å². The van der Waals surface area contributed by atoms with Gasteiger partial charge in [-0.2, -0.15) is 0 Å². The number of furan rings is 1. The molecule has 10 heteroatoms. The van der Waals surface area contributed by atoms with Crippen molar-refractivity contribution in [1.82, 2.24) is 14.5 Å². The Bertz CT molecular complexity index is 773. The third-order valence-corrected chi connectivity index (χ3v) is 4.35. The molecule has 2 aromatic rings. The average Bonchev–Trinajstić information content (AvgIpc) is 3.30. The Balaban J connectivity index is 1.62. The van der Waals surface area contributed by atoms with Crippen molar-refractivity contribution >= 4 is 34.3 Å². The molecule has 1 atom stereocenters. The Morgan fingerprint density at radius 2 is 2.36 bits per heavy atom. The van der Waals surface area contributed by atoms with Crippen LogP contribution in [0.1, 0.15) is 29.6 Å². The van der Waals surface area contributed by atoms with Crippen LogP contribution in [0, 0.1) is 5.92 Å². The molecule has 25 heavy (non-hydrogen) atoms. The maximum Gasteiger partial charge on any atom is 0.362 e. The van der Waals surface area contributed by atoms with E-state index in [0.717, 1.165) is 11.5 Å². The summed E-state index contributed by atoms with van der Waals surface area (Å²) < 4.78 is 13.8. The highest BCUT2D eigenvalue weighted by Gasteiger charge is 2.35. The van der Waals surface area contributed by atoms with Gasteiger partial charge in [0.15, 0.2) is 5.00 Å². The number of nitrogens with zero attached hydrogens (tertiary/aromatic N) is 3. The van der Waals surface area contributed by atoms with E-state index in [2.05, 4.69) is 14.9 Å².